The smallest absolute Gasteiger partial charge is 0.289 e. The van der Waals surface area contributed by atoms with Gasteiger partial charge in [0, 0.05) is 16.6 Å². The van der Waals surface area contributed by atoms with E-state index >= 15 is 0 Å². The van der Waals surface area contributed by atoms with Gasteiger partial charge < -0.3 is 10.6 Å². The molecule has 0 bridgehead atoms. The average molecular weight is 377 g/mol. The van der Waals surface area contributed by atoms with Crippen LogP contribution < -0.4 is 10.6 Å². The lowest BCUT2D eigenvalue weighted by molar-refractivity contribution is -0.384. The van der Waals surface area contributed by atoms with E-state index in [0.29, 0.717) is 11.4 Å². The van der Waals surface area contributed by atoms with Crippen molar-refractivity contribution in [1.29, 1.82) is 5.26 Å². The first kappa shape index (κ1) is 18.6. The highest BCUT2D eigenvalue weighted by atomic mass is 35.5. The third kappa shape index (κ3) is 5.38. The van der Waals surface area contributed by atoms with Crippen molar-refractivity contribution >= 4 is 46.3 Å². The largest absolute Gasteiger partial charge is 0.376 e. The standard InChI is InChI=1S/C16H13ClN4O3S/c17-12-6-5-11(9-14(12)21(23)24)19-10-16(22)20-13-3-1-2-4-15(13)25-8-7-18/h1-6,9,19H,8,10H2,(H,20,22). The van der Waals surface area contributed by atoms with Gasteiger partial charge in [-0.3, -0.25) is 14.9 Å². The number of amides is 1. The van der Waals surface area contributed by atoms with Crippen LogP contribution in [-0.4, -0.2) is 23.1 Å². The zero-order chi connectivity index (χ0) is 18.2. The van der Waals surface area contributed by atoms with E-state index in [4.69, 9.17) is 16.9 Å². The summed E-state index contributed by atoms with van der Waals surface area (Å²) in [7, 11) is 0. The Balaban J connectivity index is 1.99. The summed E-state index contributed by atoms with van der Waals surface area (Å²) in [6.07, 6.45) is 0. The molecule has 0 fully saturated rings. The number of para-hydroxylation sites is 1. The van der Waals surface area contributed by atoms with Crippen molar-refractivity contribution in [2.75, 3.05) is 22.9 Å². The predicted octanol–water partition coefficient (Wildman–Crippen LogP) is 3.91. The fraction of sp³-hybridized carbons (Fsp3) is 0.125. The number of anilines is 2. The fourth-order valence-corrected chi connectivity index (χ4v) is 2.80. The number of hydrogen-bond acceptors (Lipinski definition) is 6. The van der Waals surface area contributed by atoms with E-state index in [2.05, 4.69) is 10.6 Å². The number of nitriles is 1. The van der Waals surface area contributed by atoms with Gasteiger partial charge in [0.25, 0.3) is 5.69 Å². The Bertz CT molecular complexity index is 838. The summed E-state index contributed by atoms with van der Waals surface area (Å²) in [4.78, 5) is 23.2. The van der Waals surface area contributed by atoms with Crippen LogP contribution in [0.5, 0.6) is 0 Å². The lowest BCUT2D eigenvalue weighted by Gasteiger charge is -2.11. The second kappa shape index (κ2) is 8.92. The van der Waals surface area contributed by atoms with Crippen LogP contribution in [0.1, 0.15) is 0 Å². The normalized spacial score (nSPS) is 9.92. The maximum absolute atomic E-state index is 12.1. The van der Waals surface area contributed by atoms with E-state index in [1.807, 2.05) is 18.2 Å². The van der Waals surface area contributed by atoms with Gasteiger partial charge in [-0.25, -0.2) is 0 Å². The Morgan fingerprint density at radius 1 is 1.32 bits per heavy atom. The molecule has 0 radical (unpaired) electrons. The molecule has 128 valence electrons. The monoisotopic (exact) mass is 376 g/mol. The number of nitrogens with one attached hydrogen (secondary N) is 2. The molecular weight excluding hydrogens is 364 g/mol. The van der Waals surface area contributed by atoms with E-state index in [1.54, 1.807) is 18.2 Å². The number of carbonyl (C=O) groups excluding carboxylic acids is 1. The van der Waals surface area contributed by atoms with E-state index in [1.165, 1.54) is 23.9 Å². The van der Waals surface area contributed by atoms with Crippen molar-refractivity contribution in [3.8, 4) is 6.07 Å². The molecule has 2 N–H and O–H groups in total. The minimum absolute atomic E-state index is 0.0310. The third-order valence-corrected chi connectivity index (χ3v) is 4.31. The molecule has 0 spiro atoms. The number of halogens is 1. The first-order valence-electron chi connectivity index (χ1n) is 7.07. The Hall–Kier alpha value is -2.76. The third-order valence-electron chi connectivity index (χ3n) is 3.05. The van der Waals surface area contributed by atoms with Gasteiger partial charge in [-0.05, 0) is 24.3 Å². The molecule has 0 heterocycles. The molecule has 0 atom stereocenters. The first-order valence-corrected chi connectivity index (χ1v) is 8.44. The highest BCUT2D eigenvalue weighted by Gasteiger charge is 2.13. The lowest BCUT2D eigenvalue weighted by atomic mass is 10.2. The van der Waals surface area contributed by atoms with Crippen LogP contribution in [0, 0.1) is 21.4 Å². The average Bonchev–Trinajstić information content (AvgIpc) is 2.60. The van der Waals surface area contributed by atoms with Crippen molar-refractivity contribution in [2.45, 2.75) is 4.90 Å². The van der Waals surface area contributed by atoms with Gasteiger partial charge in [0.05, 0.1) is 29.0 Å². The molecule has 0 aromatic heterocycles. The fourth-order valence-electron chi connectivity index (χ4n) is 1.95. The van der Waals surface area contributed by atoms with E-state index in [-0.39, 0.29) is 28.9 Å². The van der Waals surface area contributed by atoms with Crippen LogP contribution in [0.4, 0.5) is 17.1 Å². The second-order valence-electron chi connectivity index (χ2n) is 4.77. The highest BCUT2D eigenvalue weighted by molar-refractivity contribution is 7.99. The maximum atomic E-state index is 12.1. The van der Waals surface area contributed by atoms with E-state index in [9.17, 15) is 14.9 Å². The zero-order valence-electron chi connectivity index (χ0n) is 12.9. The molecule has 0 saturated carbocycles. The Morgan fingerprint density at radius 3 is 2.80 bits per heavy atom. The molecule has 0 aliphatic rings. The minimum Gasteiger partial charge on any atom is -0.376 e. The Labute approximate surface area is 153 Å². The predicted molar refractivity (Wildman–Crippen MR) is 98.0 cm³/mol. The highest BCUT2D eigenvalue weighted by Crippen LogP contribution is 2.28. The van der Waals surface area contributed by atoms with Crippen LogP contribution in [0.3, 0.4) is 0 Å². The lowest BCUT2D eigenvalue weighted by Crippen LogP contribution is -2.22. The number of hydrogen-bond donors (Lipinski definition) is 2. The number of thioether (sulfide) groups is 1. The molecule has 2 aromatic carbocycles. The summed E-state index contributed by atoms with van der Waals surface area (Å²) in [5.74, 6) is -0.0397. The van der Waals surface area contributed by atoms with Crippen LogP contribution in [0.2, 0.25) is 5.02 Å². The van der Waals surface area contributed by atoms with Crippen LogP contribution in [0.15, 0.2) is 47.4 Å². The van der Waals surface area contributed by atoms with Gasteiger partial charge in [0.1, 0.15) is 5.02 Å². The van der Waals surface area contributed by atoms with Crippen LogP contribution >= 0.6 is 23.4 Å². The van der Waals surface area contributed by atoms with Crippen molar-refractivity contribution in [2.24, 2.45) is 0 Å². The first-order chi connectivity index (χ1) is 12.0. The van der Waals surface area contributed by atoms with Gasteiger partial charge in [0.2, 0.25) is 5.91 Å². The van der Waals surface area contributed by atoms with Crippen molar-refractivity contribution < 1.29 is 9.72 Å². The minimum atomic E-state index is -0.587. The number of rotatable bonds is 7. The van der Waals surface area contributed by atoms with Crippen LogP contribution in [-0.2, 0) is 4.79 Å². The molecule has 1 amide bonds. The number of carbonyl (C=O) groups is 1. The molecule has 2 aromatic rings. The van der Waals surface area contributed by atoms with Crippen LogP contribution in [0.25, 0.3) is 0 Å². The second-order valence-corrected chi connectivity index (χ2v) is 6.19. The summed E-state index contributed by atoms with van der Waals surface area (Å²) >= 11 is 7.07. The molecule has 9 heteroatoms. The van der Waals surface area contributed by atoms with Crippen molar-refractivity contribution in [3.05, 3.63) is 57.6 Å². The summed E-state index contributed by atoms with van der Waals surface area (Å²) in [5.41, 5.74) is 0.792. The Morgan fingerprint density at radius 2 is 2.08 bits per heavy atom. The molecule has 7 nitrogen and oxygen atoms in total. The van der Waals surface area contributed by atoms with E-state index < -0.39 is 4.92 Å². The van der Waals surface area contributed by atoms with Gasteiger partial charge in [-0.1, -0.05) is 23.7 Å². The van der Waals surface area contributed by atoms with E-state index in [0.717, 1.165) is 4.90 Å². The van der Waals surface area contributed by atoms with Crippen molar-refractivity contribution in [1.82, 2.24) is 0 Å². The number of nitro groups is 1. The van der Waals surface area contributed by atoms with Gasteiger partial charge in [-0.2, -0.15) is 5.26 Å². The van der Waals surface area contributed by atoms with Gasteiger partial charge in [-0.15, -0.1) is 11.8 Å². The summed E-state index contributed by atoms with van der Waals surface area (Å²) < 4.78 is 0. The topological polar surface area (TPSA) is 108 Å². The molecular formula is C16H13ClN4O3S. The van der Waals surface area contributed by atoms with Gasteiger partial charge in [0.15, 0.2) is 0 Å². The van der Waals surface area contributed by atoms with Crippen molar-refractivity contribution in [3.63, 3.8) is 0 Å². The molecule has 0 unspecified atom stereocenters. The maximum Gasteiger partial charge on any atom is 0.289 e. The summed E-state index contributed by atoms with van der Waals surface area (Å²) in [5, 5.41) is 25.1. The molecule has 0 saturated heterocycles. The Kier molecular flexibility index (Phi) is 6.62. The van der Waals surface area contributed by atoms with Gasteiger partial charge >= 0.3 is 0 Å². The quantitative estimate of drug-likeness (QED) is 0.430. The molecule has 0 aliphatic carbocycles. The number of benzene rings is 2. The molecule has 2 rings (SSSR count). The molecule has 25 heavy (non-hydrogen) atoms. The number of nitrogens with zero attached hydrogens (tertiary/aromatic N) is 2. The number of nitro benzene ring substituents is 1. The summed E-state index contributed by atoms with van der Waals surface area (Å²) in [6, 6.07) is 13.4. The molecule has 0 aliphatic heterocycles. The SMILES string of the molecule is N#CCSc1ccccc1NC(=O)CNc1ccc(Cl)c([N+](=O)[O-])c1. The summed E-state index contributed by atoms with van der Waals surface area (Å²) in [6.45, 7) is -0.0734. The zero-order valence-corrected chi connectivity index (χ0v) is 14.4.